The lowest BCUT2D eigenvalue weighted by atomic mass is 10.1. The van der Waals surface area contributed by atoms with Gasteiger partial charge in [0.15, 0.2) is 0 Å². The molecule has 2 heterocycles. The molecular weight excluding hydrogens is 364 g/mol. The Morgan fingerprint density at radius 3 is 2.92 bits per heavy atom. The lowest BCUT2D eigenvalue weighted by Crippen LogP contribution is -2.46. The number of morpholine rings is 1. The summed E-state index contributed by atoms with van der Waals surface area (Å²) >= 11 is 1.53. The van der Waals surface area contributed by atoms with Crippen LogP contribution in [0.25, 0.3) is 10.6 Å². The van der Waals surface area contributed by atoms with Crippen molar-refractivity contribution in [2.24, 2.45) is 0 Å². The molecule has 1 aliphatic rings. The molecule has 0 amide bonds. The van der Waals surface area contributed by atoms with Crippen LogP contribution in [0.3, 0.4) is 0 Å². The Kier molecular flexibility index (Phi) is 6.78. The number of nitrogens with zero attached hydrogens (tertiary/aromatic N) is 2. The van der Waals surface area contributed by atoms with Gasteiger partial charge < -0.3 is 14.6 Å². The van der Waals surface area contributed by atoms with Crippen molar-refractivity contribution in [2.75, 3.05) is 33.4 Å². The van der Waals surface area contributed by atoms with Gasteiger partial charge >= 0.3 is 5.97 Å². The maximum Gasteiger partial charge on any atom is 0.335 e. The van der Waals surface area contributed by atoms with E-state index in [1.165, 1.54) is 11.3 Å². The van der Waals surface area contributed by atoms with E-state index in [1.54, 1.807) is 18.3 Å². The molecule has 3 rings (SSSR count). The average molecular weight is 385 g/mol. The fourth-order valence-corrected chi connectivity index (χ4v) is 3.27. The first kappa shape index (κ1) is 19.7. The number of carboxylic acid groups (broad SMARTS) is 1. The van der Waals surface area contributed by atoms with E-state index in [0.29, 0.717) is 19.0 Å². The number of halogens is 1. The minimum Gasteiger partial charge on any atom is -0.492 e. The SMILES string of the molecule is Cc1cnc(-c2cc(OC[C@@H]3COCCN3C)cc(C(=O)O)c2)s1.Cl. The number of carbonyl (C=O) groups is 1. The minimum absolute atomic E-state index is 0. The van der Waals surface area contributed by atoms with Gasteiger partial charge in [-0.25, -0.2) is 9.78 Å². The van der Waals surface area contributed by atoms with Crippen LogP contribution in [0.2, 0.25) is 0 Å². The summed E-state index contributed by atoms with van der Waals surface area (Å²) in [6.07, 6.45) is 1.78. The summed E-state index contributed by atoms with van der Waals surface area (Å²) in [6, 6.07) is 5.19. The number of rotatable bonds is 5. The summed E-state index contributed by atoms with van der Waals surface area (Å²) in [4.78, 5) is 19.0. The molecule has 0 unspecified atom stereocenters. The van der Waals surface area contributed by atoms with E-state index in [4.69, 9.17) is 9.47 Å². The number of ether oxygens (including phenoxy) is 2. The number of hydrogen-bond acceptors (Lipinski definition) is 6. The molecule has 2 aromatic rings. The van der Waals surface area contributed by atoms with Gasteiger partial charge in [0.25, 0.3) is 0 Å². The topological polar surface area (TPSA) is 71.9 Å². The van der Waals surface area contributed by atoms with E-state index < -0.39 is 5.97 Å². The van der Waals surface area contributed by atoms with Crippen LogP contribution >= 0.6 is 23.7 Å². The highest BCUT2D eigenvalue weighted by molar-refractivity contribution is 7.14. The van der Waals surface area contributed by atoms with Crippen molar-refractivity contribution in [3.63, 3.8) is 0 Å². The molecule has 6 nitrogen and oxygen atoms in total. The van der Waals surface area contributed by atoms with Gasteiger partial charge in [-0.15, -0.1) is 23.7 Å². The summed E-state index contributed by atoms with van der Waals surface area (Å²) in [6.45, 7) is 4.64. The number of carboxylic acids is 1. The van der Waals surface area contributed by atoms with Crippen LogP contribution in [-0.2, 0) is 4.74 Å². The normalized spacial score (nSPS) is 17.8. The Morgan fingerprint density at radius 2 is 2.28 bits per heavy atom. The van der Waals surface area contributed by atoms with Crippen molar-refractivity contribution in [1.82, 2.24) is 9.88 Å². The minimum atomic E-state index is -0.979. The summed E-state index contributed by atoms with van der Waals surface area (Å²) < 4.78 is 11.3. The molecule has 0 aliphatic carbocycles. The second-order valence-electron chi connectivity index (χ2n) is 5.85. The second-order valence-corrected chi connectivity index (χ2v) is 7.08. The second kappa shape index (κ2) is 8.62. The van der Waals surface area contributed by atoms with Gasteiger partial charge in [-0.2, -0.15) is 0 Å². The van der Waals surface area contributed by atoms with Crippen LogP contribution in [-0.4, -0.2) is 60.4 Å². The molecule has 25 heavy (non-hydrogen) atoms. The largest absolute Gasteiger partial charge is 0.492 e. The van der Waals surface area contributed by atoms with Gasteiger partial charge in [0.05, 0.1) is 24.8 Å². The molecule has 1 aliphatic heterocycles. The monoisotopic (exact) mass is 384 g/mol. The van der Waals surface area contributed by atoms with Crippen LogP contribution in [0.1, 0.15) is 15.2 Å². The van der Waals surface area contributed by atoms with E-state index in [2.05, 4.69) is 9.88 Å². The lowest BCUT2D eigenvalue weighted by Gasteiger charge is -2.32. The number of aromatic nitrogens is 1. The number of aromatic carboxylic acids is 1. The molecule has 1 saturated heterocycles. The van der Waals surface area contributed by atoms with Gasteiger partial charge in [0.1, 0.15) is 17.4 Å². The van der Waals surface area contributed by atoms with Gasteiger partial charge in [0, 0.05) is 23.2 Å². The molecule has 1 aromatic carbocycles. The molecule has 1 aromatic heterocycles. The molecule has 136 valence electrons. The van der Waals surface area contributed by atoms with Crippen LogP contribution in [0, 0.1) is 6.92 Å². The maximum absolute atomic E-state index is 11.4. The highest BCUT2D eigenvalue weighted by Crippen LogP contribution is 2.29. The van der Waals surface area contributed by atoms with Crippen molar-refractivity contribution >= 4 is 29.7 Å². The van der Waals surface area contributed by atoms with Crippen molar-refractivity contribution in [2.45, 2.75) is 13.0 Å². The van der Waals surface area contributed by atoms with Crippen LogP contribution < -0.4 is 4.74 Å². The predicted octanol–water partition coefficient (Wildman–Crippen LogP) is 2.95. The van der Waals surface area contributed by atoms with Crippen LogP contribution in [0.15, 0.2) is 24.4 Å². The summed E-state index contributed by atoms with van der Waals surface area (Å²) in [5.74, 6) is -0.440. The Morgan fingerprint density at radius 1 is 1.48 bits per heavy atom. The standard InChI is InChI=1S/C17H20N2O4S.ClH/c1-11-8-18-16(24-11)12-5-13(17(20)21)7-15(6-12)23-10-14-9-22-4-3-19(14)2;/h5-8,14H,3-4,9-10H2,1-2H3,(H,20,21);1H/t14-;/m0./s1. The van der Waals surface area contributed by atoms with Gasteiger partial charge in [-0.1, -0.05) is 0 Å². The molecule has 1 N–H and O–H groups in total. The summed E-state index contributed by atoms with van der Waals surface area (Å²) in [5, 5.41) is 10.1. The van der Waals surface area contributed by atoms with E-state index >= 15 is 0 Å². The summed E-state index contributed by atoms with van der Waals surface area (Å²) in [5.41, 5.74) is 0.958. The molecule has 0 spiro atoms. The van der Waals surface area contributed by atoms with E-state index in [0.717, 1.165) is 28.6 Å². The highest BCUT2D eigenvalue weighted by atomic mass is 35.5. The van der Waals surface area contributed by atoms with Crippen molar-refractivity contribution in [1.29, 1.82) is 0 Å². The molecule has 1 atom stereocenters. The Hall–Kier alpha value is -1.67. The van der Waals surface area contributed by atoms with Gasteiger partial charge in [-0.3, -0.25) is 4.90 Å². The quantitative estimate of drug-likeness (QED) is 0.854. The first-order valence-corrected chi connectivity index (χ1v) is 8.56. The van der Waals surface area contributed by atoms with Crippen molar-refractivity contribution in [3.8, 4) is 16.3 Å². The van der Waals surface area contributed by atoms with Gasteiger partial charge in [-0.05, 0) is 32.2 Å². The first-order valence-electron chi connectivity index (χ1n) is 7.75. The van der Waals surface area contributed by atoms with Crippen LogP contribution in [0.5, 0.6) is 5.75 Å². The van der Waals surface area contributed by atoms with Crippen molar-refractivity contribution in [3.05, 3.63) is 34.8 Å². The predicted molar refractivity (Wildman–Crippen MR) is 99.2 cm³/mol. The molecule has 0 saturated carbocycles. The molecule has 8 heteroatoms. The number of aryl methyl sites for hydroxylation is 1. The fourth-order valence-electron chi connectivity index (χ4n) is 2.52. The smallest absolute Gasteiger partial charge is 0.335 e. The zero-order chi connectivity index (χ0) is 17.1. The van der Waals surface area contributed by atoms with Gasteiger partial charge in [0.2, 0.25) is 0 Å². The zero-order valence-corrected chi connectivity index (χ0v) is 15.7. The summed E-state index contributed by atoms with van der Waals surface area (Å²) in [7, 11) is 2.04. The Bertz CT molecular complexity index is 737. The molecule has 1 fully saturated rings. The average Bonchev–Trinajstić information content (AvgIpc) is 3.00. The number of thiazole rings is 1. The third-order valence-electron chi connectivity index (χ3n) is 3.99. The number of hydrogen-bond donors (Lipinski definition) is 1. The Balaban J connectivity index is 0.00000225. The maximum atomic E-state index is 11.4. The third kappa shape index (κ3) is 4.92. The van der Waals surface area contributed by atoms with Crippen molar-refractivity contribution < 1.29 is 19.4 Å². The Labute approximate surface area is 156 Å². The zero-order valence-electron chi connectivity index (χ0n) is 14.1. The first-order chi connectivity index (χ1) is 11.5. The van der Waals surface area contributed by atoms with Crippen LogP contribution in [0.4, 0.5) is 0 Å². The molecular formula is C17H21ClN2O4S. The third-order valence-corrected chi connectivity index (χ3v) is 4.95. The van der Waals surface area contributed by atoms with E-state index in [1.807, 2.05) is 20.0 Å². The lowest BCUT2D eigenvalue weighted by molar-refractivity contribution is -0.0108. The highest BCUT2D eigenvalue weighted by Gasteiger charge is 2.20. The number of benzene rings is 1. The molecule has 0 radical (unpaired) electrons. The van der Waals surface area contributed by atoms with E-state index in [9.17, 15) is 9.90 Å². The fraction of sp³-hybridized carbons (Fsp3) is 0.412. The number of likely N-dealkylation sites (N-methyl/N-ethyl adjacent to an activating group) is 1. The van der Waals surface area contributed by atoms with E-state index in [-0.39, 0.29) is 24.0 Å². The molecule has 0 bridgehead atoms.